The van der Waals surface area contributed by atoms with Gasteiger partial charge in [-0.1, -0.05) is 24.8 Å². The number of halogens is 4. The number of rotatable bonds is 12. The minimum atomic E-state index is -4.82. The average Bonchev–Trinajstić information content (AvgIpc) is 3.57. The van der Waals surface area contributed by atoms with E-state index in [-0.39, 0.29) is 54.4 Å². The normalized spacial score (nSPS) is 25.2. The lowest BCUT2D eigenvalue weighted by Gasteiger charge is -2.19. The van der Waals surface area contributed by atoms with Crippen LogP contribution in [-0.4, -0.2) is 52.4 Å². The Labute approximate surface area is 247 Å². The minimum Gasteiger partial charge on any atom is -0.481 e. The first-order valence-corrected chi connectivity index (χ1v) is 13.9. The van der Waals surface area contributed by atoms with E-state index >= 15 is 0 Å². The molecule has 3 aliphatic carbocycles. The number of allylic oxidation sites excluding steroid dienone is 5. The Morgan fingerprint density at radius 1 is 1.28 bits per heavy atom. The summed E-state index contributed by atoms with van der Waals surface area (Å²) < 4.78 is 67.7. The Morgan fingerprint density at radius 2 is 2.02 bits per heavy atom. The summed E-state index contributed by atoms with van der Waals surface area (Å²) in [7, 11) is 0. The molecule has 0 heterocycles. The summed E-state index contributed by atoms with van der Waals surface area (Å²) in [5.41, 5.74) is -0.233. The van der Waals surface area contributed by atoms with Gasteiger partial charge in [0.2, 0.25) is 5.88 Å². The van der Waals surface area contributed by atoms with Crippen LogP contribution in [0.4, 0.5) is 17.6 Å². The van der Waals surface area contributed by atoms with Gasteiger partial charge < -0.3 is 24.8 Å². The number of carboxylic acid groups (broad SMARTS) is 1. The van der Waals surface area contributed by atoms with Gasteiger partial charge in [0.1, 0.15) is 5.82 Å². The minimum absolute atomic E-state index is 0.00249. The molecule has 1 aromatic carbocycles. The Morgan fingerprint density at radius 3 is 2.67 bits per heavy atom. The Hall–Kier alpha value is -3.54. The van der Waals surface area contributed by atoms with Crippen LogP contribution >= 0.6 is 0 Å². The van der Waals surface area contributed by atoms with E-state index in [1.54, 1.807) is 6.92 Å². The molecule has 0 amide bonds. The predicted molar refractivity (Wildman–Crippen MR) is 152 cm³/mol. The second kappa shape index (κ2) is 13.0. The van der Waals surface area contributed by atoms with Crippen LogP contribution in [0.25, 0.3) is 6.08 Å². The van der Waals surface area contributed by atoms with Crippen LogP contribution in [0.2, 0.25) is 0 Å². The summed E-state index contributed by atoms with van der Waals surface area (Å²) >= 11 is 0. The topological polar surface area (TPSA) is 109 Å². The van der Waals surface area contributed by atoms with Crippen molar-refractivity contribution < 1.29 is 47.1 Å². The first-order chi connectivity index (χ1) is 20.3. The van der Waals surface area contributed by atoms with Crippen LogP contribution in [-0.2, 0) is 27.1 Å². The van der Waals surface area contributed by atoms with Crippen LogP contribution in [0, 0.1) is 23.6 Å². The number of alkyl halides is 3. The van der Waals surface area contributed by atoms with Crippen molar-refractivity contribution in [1.29, 1.82) is 0 Å². The number of hydrogen-bond donors (Lipinski definition) is 3. The molecule has 1 aromatic rings. The lowest BCUT2D eigenvalue weighted by molar-refractivity contribution is -0.139. The van der Waals surface area contributed by atoms with Crippen LogP contribution < -0.4 is 0 Å². The van der Waals surface area contributed by atoms with Crippen molar-refractivity contribution in [1.82, 2.24) is 0 Å². The van der Waals surface area contributed by atoms with Gasteiger partial charge in [0.05, 0.1) is 43.0 Å². The van der Waals surface area contributed by atoms with E-state index in [1.165, 1.54) is 25.3 Å². The molecule has 11 heteroatoms. The number of aliphatic imine (C=N–C) groups is 1. The molecule has 0 bridgehead atoms. The van der Waals surface area contributed by atoms with Crippen molar-refractivity contribution in [2.75, 3.05) is 13.2 Å². The van der Waals surface area contributed by atoms with Gasteiger partial charge in [-0.2, -0.15) is 13.2 Å². The van der Waals surface area contributed by atoms with E-state index in [4.69, 9.17) is 14.6 Å². The number of carbonyl (C=O) groups is 1. The number of hydrogen-bond acceptors (Lipinski definition) is 6. The number of fused-ring (bicyclic) bond motifs is 3. The molecule has 0 radical (unpaired) electrons. The number of aliphatic hydroxyl groups is 2. The van der Waals surface area contributed by atoms with Crippen LogP contribution in [0.15, 0.2) is 70.6 Å². The summed E-state index contributed by atoms with van der Waals surface area (Å²) in [6, 6.07) is 1.53. The predicted octanol–water partition coefficient (Wildman–Crippen LogP) is 5.99. The highest BCUT2D eigenvalue weighted by atomic mass is 19.4. The van der Waals surface area contributed by atoms with Gasteiger partial charge in [-0.15, -0.1) is 0 Å². The Balaban J connectivity index is 1.50. The van der Waals surface area contributed by atoms with Gasteiger partial charge in [-0.3, -0.25) is 4.79 Å². The molecule has 0 aromatic heterocycles. The fourth-order valence-electron chi connectivity index (χ4n) is 5.48. The second-order valence-corrected chi connectivity index (χ2v) is 11.2. The third-order valence-electron chi connectivity index (χ3n) is 7.92. The molecule has 2 unspecified atom stereocenters. The van der Waals surface area contributed by atoms with Gasteiger partial charge in [0.15, 0.2) is 0 Å². The Bertz CT molecular complexity index is 1400. The van der Waals surface area contributed by atoms with Gasteiger partial charge in [-0.05, 0) is 73.1 Å². The molecule has 2 saturated carbocycles. The highest BCUT2D eigenvalue weighted by Crippen LogP contribution is 2.63. The maximum absolute atomic E-state index is 14.9. The lowest BCUT2D eigenvalue weighted by Crippen LogP contribution is -2.30. The molecule has 4 rings (SSSR count). The number of aliphatic hydroxyl groups excluding tert-OH is 1. The molecule has 3 aliphatic rings. The summed E-state index contributed by atoms with van der Waals surface area (Å²) in [6.07, 6.45) is 4.76. The fourth-order valence-corrected chi connectivity index (χ4v) is 5.48. The van der Waals surface area contributed by atoms with Crippen molar-refractivity contribution in [3.63, 3.8) is 0 Å². The van der Waals surface area contributed by atoms with Crippen molar-refractivity contribution in [3.8, 4) is 0 Å². The summed E-state index contributed by atoms with van der Waals surface area (Å²) in [4.78, 5) is 15.5. The van der Waals surface area contributed by atoms with Crippen LogP contribution in [0.3, 0.4) is 0 Å². The van der Waals surface area contributed by atoms with Crippen molar-refractivity contribution in [2.45, 2.75) is 57.6 Å². The maximum atomic E-state index is 14.9. The molecule has 0 aliphatic heterocycles. The number of benzene rings is 1. The SMILES string of the molecule is C=C1CC=C2C(=CC1OCc1cc(/C=C/C=C(\N=CC)OCCC(C)(O)CO)c(C(F)(F)F)cc1F)C[C@H]1[C@H](C(=O)O)[C@@H]21. The highest BCUT2D eigenvalue weighted by molar-refractivity contribution is 5.77. The molecule has 2 fully saturated rings. The van der Waals surface area contributed by atoms with Crippen molar-refractivity contribution in [3.05, 3.63) is 88.1 Å². The number of carboxylic acids is 1. The maximum Gasteiger partial charge on any atom is 0.417 e. The zero-order valence-electron chi connectivity index (χ0n) is 23.9. The standard InChI is InChI=1S/C32H35F4NO6/c1-4-37-27(42-11-10-31(3,41)17-38)7-5-6-19-12-21(25(33)15-24(19)32(34,35)36)16-43-26-14-20-13-23-28(29(23)30(39)40)22(20)9-8-18(26)2/h4-7,9,12,14-15,23,26,28-29,38,41H,2,8,10-11,13,16-17H2,1,3H3,(H,39,40)/b6-5+,27-7+,37-4?/t23-,26?,28+,29+,31?/m1/s1. The summed E-state index contributed by atoms with van der Waals surface area (Å²) in [6.45, 7) is 6.31. The molecule has 7 nitrogen and oxygen atoms in total. The number of aliphatic carboxylic acids is 1. The van der Waals surface area contributed by atoms with E-state index in [2.05, 4.69) is 11.6 Å². The molecule has 43 heavy (non-hydrogen) atoms. The van der Waals surface area contributed by atoms with Crippen LogP contribution in [0.1, 0.15) is 49.8 Å². The van der Waals surface area contributed by atoms with Crippen molar-refractivity contribution in [2.24, 2.45) is 22.7 Å². The van der Waals surface area contributed by atoms with E-state index in [0.717, 1.165) is 23.3 Å². The molecule has 0 saturated heterocycles. The monoisotopic (exact) mass is 605 g/mol. The molecule has 3 N–H and O–H groups in total. The van der Waals surface area contributed by atoms with Gasteiger partial charge in [-0.25, -0.2) is 9.38 Å². The molecule has 0 spiro atoms. The Kier molecular flexibility index (Phi) is 9.78. The first kappa shape index (κ1) is 32.4. The number of ether oxygens (including phenoxy) is 2. The average molecular weight is 606 g/mol. The van der Waals surface area contributed by atoms with E-state index < -0.39 is 41.8 Å². The lowest BCUT2D eigenvalue weighted by atomic mass is 10.00. The molecular formula is C32H35F4NO6. The summed E-state index contributed by atoms with van der Waals surface area (Å²) in [5.74, 6) is -2.14. The van der Waals surface area contributed by atoms with Gasteiger partial charge in [0.25, 0.3) is 0 Å². The zero-order valence-corrected chi connectivity index (χ0v) is 23.9. The van der Waals surface area contributed by atoms with Crippen molar-refractivity contribution >= 4 is 18.3 Å². The largest absolute Gasteiger partial charge is 0.481 e. The van der Waals surface area contributed by atoms with E-state index in [1.807, 2.05) is 12.2 Å². The quantitative estimate of drug-likeness (QED) is 0.0889. The third-order valence-corrected chi connectivity index (χ3v) is 7.92. The van der Waals surface area contributed by atoms with Gasteiger partial charge in [0, 0.05) is 30.2 Å². The van der Waals surface area contributed by atoms with Gasteiger partial charge >= 0.3 is 12.1 Å². The van der Waals surface area contributed by atoms with E-state index in [9.17, 15) is 32.6 Å². The summed E-state index contributed by atoms with van der Waals surface area (Å²) in [5, 5.41) is 28.5. The van der Waals surface area contributed by atoms with E-state index in [0.29, 0.717) is 24.5 Å². The van der Waals surface area contributed by atoms with Crippen LogP contribution in [0.5, 0.6) is 0 Å². The highest BCUT2D eigenvalue weighted by Gasteiger charge is 2.61. The smallest absolute Gasteiger partial charge is 0.417 e. The third kappa shape index (κ3) is 7.70. The second-order valence-electron chi connectivity index (χ2n) is 11.2. The molecular weight excluding hydrogens is 570 g/mol. The number of nitrogens with zero attached hydrogens (tertiary/aromatic N) is 1. The fraction of sp³-hybridized carbons (Fsp3) is 0.438. The first-order valence-electron chi connectivity index (χ1n) is 13.9. The zero-order chi connectivity index (χ0) is 31.5. The molecule has 5 atom stereocenters. The molecule has 232 valence electrons.